The van der Waals surface area contributed by atoms with Gasteiger partial charge in [-0.1, -0.05) is 6.92 Å². The van der Waals surface area contributed by atoms with Crippen LogP contribution in [0.3, 0.4) is 0 Å². The van der Waals surface area contributed by atoms with E-state index in [0.717, 1.165) is 18.7 Å². The summed E-state index contributed by atoms with van der Waals surface area (Å²) < 4.78 is 5.41. The third-order valence-corrected chi connectivity index (χ3v) is 2.74. The molecule has 0 unspecified atom stereocenters. The van der Waals surface area contributed by atoms with Crippen LogP contribution in [0.15, 0.2) is 12.1 Å². The molecule has 1 aromatic heterocycles. The topological polar surface area (TPSA) is 80.5 Å². The molecule has 0 fully saturated rings. The third-order valence-electron chi connectivity index (χ3n) is 2.74. The van der Waals surface area contributed by atoms with E-state index >= 15 is 0 Å². The number of hydrogen-bond donors (Lipinski definition) is 2. The quantitative estimate of drug-likeness (QED) is 0.679. The van der Waals surface area contributed by atoms with Crippen LogP contribution >= 0.6 is 0 Å². The van der Waals surface area contributed by atoms with Crippen LogP contribution in [0.1, 0.15) is 23.0 Å². The largest absolute Gasteiger partial charge is 0.384 e. The van der Waals surface area contributed by atoms with Gasteiger partial charge in [-0.05, 0) is 32.6 Å². The second kappa shape index (κ2) is 8.50. The molecule has 1 heterocycles. The van der Waals surface area contributed by atoms with E-state index in [-0.39, 0.29) is 5.91 Å². The fourth-order valence-corrected chi connectivity index (χ4v) is 1.61. The van der Waals surface area contributed by atoms with E-state index in [2.05, 4.69) is 10.3 Å². The highest BCUT2D eigenvalue weighted by molar-refractivity contribution is 5.94. The minimum absolute atomic E-state index is 0.148. The molecule has 0 saturated carbocycles. The summed E-state index contributed by atoms with van der Waals surface area (Å²) in [6.45, 7) is 4.48. The number of carbonyl (C=O) groups excluding carboxylic acids is 1. The van der Waals surface area contributed by atoms with Gasteiger partial charge in [0, 0.05) is 24.3 Å². The van der Waals surface area contributed by atoms with Gasteiger partial charge in [-0.25, -0.2) is 4.98 Å². The Morgan fingerprint density at radius 2 is 2.15 bits per heavy atom. The number of nitrogen functional groups attached to an aromatic ring is 1. The lowest BCUT2D eigenvalue weighted by Gasteiger charge is -2.10. The van der Waals surface area contributed by atoms with E-state index < -0.39 is 0 Å². The zero-order valence-electron chi connectivity index (χ0n) is 12.5. The zero-order valence-corrected chi connectivity index (χ0v) is 12.5. The maximum absolute atomic E-state index is 11.9. The number of aryl methyl sites for hydroxylation is 1. The molecule has 6 nitrogen and oxygen atoms in total. The molecule has 20 heavy (non-hydrogen) atoms. The number of ether oxygens (including phenoxy) is 1. The minimum Gasteiger partial charge on any atom is -0.384 e. The highest BCUT2D eigenvalue weighted by atomic mass is 16.5. The lowest BCUT2D eigenvalue weighted by atomic mass is 10.2. The Morgan fingerprint density at radius 3 is 2.80 bits per heavy atom. The van der Waals surface area contributed by atoms with Crippen molar-refractivity contribution in [2.75, 3.05) is 46.1 Å². The van der Waals surface area contributed by atoms with Gasteiger partial charge in [0.15, 0.2) is 0 Å². The van der Waals surface area contributed by atoms with Crippen LogP contribution in [-0.2, 0) is 11.2 Å². The van der Waals surface area contributed by atoms with E-state index in [9.17, 15) is 4.79 Å². The molecular weight excluding hydrogens is 256 g/mol. The first kappa shape index (κ1) is 16.4. The average molecular weight is 280 g/mol. The highest BCUT2D eigenvalue weighted by Gasteiger charge is 2.07. The van der Waals surface area contributed by atoms with Gasteiger partial charge in [0.1, 0.15) is 5.82 Å². The number of rotatable bonds is 8. The second-order valence-electron chi connectivity index (χ2n) is 4.80. The maximum Gasteiger partial charge on any atom is 0.251 e. The molecule has 0 aliphatic rings. The van der Waals surface area contributed by atoms with E-state index in [1.807, 2.05) is 25.9 Å². The standard InChI is InChI=1S/C14H24N4O2/c1-4-12-9-11(10-13(15)17-12)14(19)16-5-7-20-8-6-18(2)3/h9-10H,4-8H2,1-3H3,(H2,15,17)(H,16,19). The molecule has 0 saturated heterocycles. The van der Waals surface area contributed by atoms with Crippen LogP contribution in [0.2, 0.25) is 0 Å². The van der Waals surface area contributed by atoms with Crippen LogP contribution in [0.4, 0.5) is 5.82 Å². The van der Waals surface area contributed by atoms with E-state index in [1.54, 1.807) is 12.1 Å². The summed E-state index contributed by atoms with van der Waals surface area (Å²) in [4.78, 5) is 18.1. The number of nitrogens with one attached hydrogen (secondary N) is 1. The number of hydrogen-bond acceptors (Lipinski definition) is 5. The Bertz CT molecular complexity index is 435. The van der Waals surface area contributed by atoms with E-state index in [4.69, 9.17) is 10.5 Å². The summed E-state index contributed by atoms with van der Waals surface area (Å²) >= 11 is 0. The molecule has 0 aliphatic heterocycles. The lowest BCUT2D eigenvalue weighted by molar-refractivity contribution is 0.0900. The second-order valence-corrected chi connectivity index (χ2v) is 4.80. The van der Waals surface area contributed by atoms with Crippen molar-refractivity contribution in [1.82, 2.24) is 15.2 Å². The molecule has 6 heteroatoms. The minimum atomic E-state index is -0.148. The normalized spacial score (nSPS) is 10.8. The summed E-state index contributed by atoms with van der Waals surface area (Å²) in [7, 11) is 3.98. The average Bonchev–Trinajstić information content (AvgIpc) is 2.41. The van der Waals surface area contributed by atoms with Crippen LogP contribution < -0.4 is 11.1 Å². The number of carbonyl (C=O) groups is 1. The van der Waals surface area contributed by atoms with Crippen LogP contribution in [0, 0.1) is 0 Å². The number of anilines is 1. The third kappa shape index (κ3) is 5.99. The summed E-state index contributed by atoms with van der Waals surface area (Å²) in [6, 6.07) is 3.35. The summed E-state index contributed by atoms with van der Waals surface area (Å²) in [5, 5.41) is 2.80. The molecule has 0 atom stereocenters. The Kier molecular flexibility index (Phi) is 6.97. The first-order valence-electron chi connectivity index (χ1n) is 6.80. The van der Waals surface area contributed by atoms with Crippen molar-refractivity contribution in [1.29, 1.82) is 0 Å². The van der Waals surface area contributed by atoms with Crippen molar-refractivity contribution in [2.45, 2.75) is 13.3 Å². The highest BCUT2D eigenvalue weighted by Crippen LogP contribution is 2.08. The molecule has 112 valence electrons. The Balaban J connectivity index is 2.34. The number of aromatic nitrogens is 1. The summed E-state index contributed by atoms with van der Waals surface area (Å²) in [6.07, 6.45) is 0.749. The Labute approximate surface area is 120 Å². The molecular formula is C14H24N4O2. The molecule has 0 aromatic carbocycles. The SMILES string of the molecule is CCc1cc(C(=O)NCCOCCN(C)C)cc(N)n1. The fraction of sp³-hybridized carbons (Fsp3) is 0.571. The molecule has 1 aromatic rings. The van der Waals surface area contributed by atoms with Gasteiger partial charge in [-0.2, -0.15) is 0 Å². The van der Waals surface area contributed by atoms with E-state index in [0.29, 0.717) is 31.1 Å². The van der Waals surface area contributed by atoms with E-state index in [1.165, 1.54) is 0 Å². The van der Waals surface area contributed by atoms with Crippen molar-refractivity contribution >= 4 is 11.7 Å². The number of pyridine rings is 1. The zero-order chi connectivity index (χ0) is 15.0. The monoisotopic (exact) mass is 280 g/mol. The van der Waals surface area contributed by atoms with Crippen molar-refractivity contribution in [3.63, 3.8) is 0 Å². The molecule has 1 amide bonds. The fourth-order valence-electron chi connectivity index (χ4n) is 1.61. The molecule has 0 radical (unpaired) electrons. The molecule has 0 aliphatic carbocycles. The first-order valence-corrected chi connectivity index (χ1v) is 6.80. The molecule has 3 N–H and O–H groups in total. The molecule has 0 bridgehead atoms. The Morgan fingerprint density at radius 1 is 1.40 bits per heavy atom. The summed E-state index contributed by atoms with van der Waals surface area (Å²) in [5.41, 5.74) is 7.04. The number of nitrogens with zero attached hydrogens (tertiary/aromatic N) is 2. The van der Waals surface area contributed by atoms with Crippen LogP contribution in [0.5, 0.6) is 0 Å². The van der Waals surface area contributed by atoms with Gasteiger partial charge in [-0.15, -0.1) is 0 Å². The smallest absolute Gasteiger partial charge is 0.251 e. The van der Waals surface area contributed by atoms with Crippen LogP contribution in [-0.4, -0.2) is 56.2 Å². The van der Waals surface area contributed by atoms with Crippen molar-refractivity contribution in [2.24, 2.45) is 0 Å². The number of likely N-dealkylation sites (N-methyl/N-ethyl adjacent to an activating group) is 1. The van der Waals surface area contributed by atoms with Gasteiger partial charge in [0.2, 0.25) is 0 Å². The van der Waals surface area contributed by atoms with Crippen molar-refractivity contribution < 1.29 is 9.53 Å². The predicted octanol–water partition coefficient (Wildman–Crippen LogP) is 0.534. The predicted molar refractivity (Wildman–Crippen MR) is 79.7 cm³/mol. The van der Waals surface area contributed by atoms with Crippen molar-refractivity contribution in [3.8, 4) is 0 Å². The Hall–Kier alpha value is -1.66. The van der Waals surface area contributed by atoms with Gasteiger partial charge in [0.25, 0.3) is 5.91 Å². The molecule has 0 spiro atoms. The first-order chi connectivity index (χ1) is 9.52. The van der Waals surface area contributed by atoms with Gasteiger partial charge >= 0.3 is 0 Å². The maximum atomic E-state index is 11.9. The van der Waals surface area contributed by atoms with Crippen molar-refractivity contribution in [3.05, 3.63) is 23.4 Å². The van der Waals surface area contributed by atoms with Gasteiger partial charge in [-0.3, -0.25) is 4.79 Å². The number of amides is 1. The van der Waals surface area contributed by atoms with Crippen LogP contribution in [0.25, 0.3) is 0 Å². The molecule has 1 rings (SSSR count). The lowest BCUT2D eigenvalue weighted by Crippen LogP contribution is -2.28. The van der Waals surface area contributed by atoms with Gasteiger partial charge < -0.3 is 20.7 Å². The number of nitrogens with two attached hydrogens (primary N) is 1. The van der Waals surface area contributed by atoms with Gasteiger partial charge in [0.05, 0.1) is 13.2 Å². The summed E-state index contributed by atoms with van der Waals surface area (Å²) in [5.74, 6) is 0.224.